The van der Waals surface area contributed by atoms with Crippen molar-refractivity contribution in [3.05, 3.63) is 28.8 Å². The number of Topliss-reactive ketones (excluding diaryl/α,β-unsaturated/α-hetero) is 1. The van der Waals surface area contributed by atoms with Gasteiger partial charge in [0.15, 0.2) is 11.6 Å². The first-order valence-electron chi connectivity index (χ1n) is 3.67. The van der Waals surface area contributed by atoms with Crippen LogP contribution in [0.1, 0.15) is 22.8 Å². The first kappa shape index (κ1) is 10.1. The van der Waals surface area contributed by atoms with Crippen molar-refractivity contribution < 1.29 is 13.6 Å². The van der Waals surface area contributed by atoms with Crippen LogP contribution in [0.3, 0.4) is 0 Å². The lowest BCUT2D eigenvalue weighted by molar-refractivity contribution is 0.101. The minimum atomic E-state index is -1.07. The number of ketones is 1. The van der Waals surface area contributed by atoms with Gasteiger partial charge in [0, 0.05) is 0 Å². The zero-order valence-corrected chi connectivity index (χ0v) is 7.27. The molecule has 14 heavy (non-hydrogen) atoms. The van der Waals surface area contributed by atoms with Crippen LogP contribution in [0.25, 0.3) is 0 Å². The third-order valence-corrected chi connectivity index (χ3v) is 1.74. The zero-order valence-electron chi connectivity index (χ0n) is 7.27. The van der Waals surface area contributed by atoms with Crippen LogP contribution >= 0.6 is 0 Å². The van der Waals surface area contributed by atoms with Crippen LogP contribution in [0.5, 0.6) is 0 Å². The Labute approximate surface area is 78.8 Å². The van der Waals surface area contributed by atoms with Gasteiger partial charge in [-0.1, -0.05) is 0 Å². The summed E-state index contributed by atoms with van der Waals surface area (Å²) in [6, 6.07) is 2.10. The summed E-state index contributed by atoms with van der Waals surface area (Å²) in [6.07, 6.45) is 0. The maximum atomic E-state index is 13.3. The van der Waals surface area contributed by atoms with Crippen LogP contribution in [0.15, 0.2) is 6.07 Å². The van der Waals surface area contributed by atoms with E-state index in [2.05, 4.69) is 0 Å². The Morgan fingerprint density at radius 3 is 2.57 bits per heavy atom. The molecule has 0 fully saturated rings. The molecule has 0 aliphatic rings. The number of benzene rings is 1. The second-order valence-electron chi connectivity index (χ2n) is 2.68. The van der Waals surface area contributed by atoms with Gasteiger partial charge in [-0.15, -0.1) is 0 Å². The molecule has 5 heteroatoms. The molecule has 1 rings (SSSR count). The van der Waals surface area contributed by atoms with Crippen molar-refractivity contribution in [3.63, 3.8) is 0 Å². The topological polar surface area (TPSA) is 66.9 Å². The summed E-state index contributed by atoms with van der Waals surface area (Å²) in [5.41, 5.74) is 3.45. The lowest BCUT2D eigenvalue weighted by Crippen LogP contribution is -2.05. The Balaban J connectivity index is 3.61. The minimum Gasteiger partial charge on any atom is -0.395 e. The molecule has 0 aliphatic carbocycles. The fourth-order valence-electron chi connectivity index (χ4n) is 1.01. The molecule has 0 heterocycles. The summed E-state index contributed by atoms with van der Waals surface area (Å²) in [4.78, 5) is 10.8. The van der Waals surface area contributed by atoms with Gasteiger partial charge in [0.25, 0.3) is 0 Å². The highest BCUT2D eigenvalue weighted by Crippen LogP contribution is 2.22. The van der Waals surface area contributed by atoms with Crippen molar-refractivity contribution in [1.29, 1.82) is 5.26 Å². The lowest BCUT2D eigenvalue weighted by Gasteiger charge is -2.04. The predicted octanol–water partition coefficient (Wildman–Crippen LogP) is 1.62. The van der Waals surface area contributed by atoms with E-state index in [-0.39, 0.29) is 0 Å². The second kappa shape index (κ2) is 3.42. The van der Waals surface area contributed by atoms with Gasteiger partial charge in [-0.2, -0.15) is 5.26 Å². The summed E-state index contributed by atoms with van der Waals surface area (Å²) < 4.78 is 26.2. The van der Waals surface area contributed by atoms with Crippen molar-refractivity contribution in [2.45, 2.75) is 6.92 Å². The van der Waals surface area contributed by atoms with Gasteiger partial charge in [0.05, 0.1) is 11.3 Å². The maximum Gasteiger partial charge on any atom is 0.162 e. The summed E-state index contributed by atoms with van der Waals surface area (Å²) in [7, 11) is 0. The van der Waals surface area contributed by atoms with E-state index in [0.717, 1.165) is 6.92 Å². The average Bonchev–Trinajstić information content (AvgIpc) is 2.12. The van der Waals surface area contributed by atoms with E-state index in [9.17, 15) is 13.6 Å². The van der Waals surface area contributed by atoms with Crippen molar-refractivity contribution >= 4 is 11.5 Å². The predicted molar refractivity (Wildman–Crippen MR) is 45.5 cm³/mol. The quantitative estimate of drug-likeness (QED) is 0.548. The molecular formula is C9H6F2N2O. The first-order chi connectivity index (χ1) is 6.49. The molecule has 3 nitrogen and oxygen atoms in total. The Morgan fingerprint density at radius 1 is 1.57 bits per heavy atom. The Morgan fingerprint density at radius 2 is 2.14 bits per heavy atom. The van der Waals surface area contributed by atoms with Gasteiger partial charge in [0.2, 0.25) is 0 Å². The average molecular weight is 196 g/mol. The van der Waals surface area contributed by atoms with E-state index >= 15 is 0 Å². The molecule has 0 spiro atoms. The van der Waals surface area contributed by atoms with Gasteiger partial charge >= 0.3 is 0 Å². The van der Waals surface area contributed by atoms with Crippen LogP contribution < -0.4 is 5.73 Å². The molecule has 0 amide bonds. The van der Waals surface area contributed by atoms with Gasteiger partial charge in [-0.05, 0) is 13.0 Å². The van der Waals surface area contributed by atoms with E-state index in [0.29, 0.717) is 6.07 Å². The van der Waals surface area contributed by atoms with Gasteiger partial charge in [-0.25, -0.2) is 8.78 Å². The maximum absolute atomic E-state index is 13.3. The van der Waals surface area contributed by atoms with Crippen LogP contribution in [-0.4, -0.2) is 5.78 Å². The molecule has 1 aromatic carbocycles. The van der Waals surface area contributed by atoms with E-state index in [1.54, 1.807) is 0 Å². The van der Waals surface area contributed by atoms with Crippen LogP contribution in [-0.2, 0) is 0 Å². The number of hydrogen-bond donors (Lipinski definition) is 1. The zero-order chi connectivity index (χ0) is 10.9. The van der Waals surface area contributed by atoms with Gasteiger partial charge < -0.3 is 5.73 Å². The number of nitrogens with zero attached hydrogens (tertiary/aromatic N) is 1. The van der Waals surface area contributed by atoms with E-state index in [1.807, 2.05) is 0 Å². The number of nitrogen functional groups attached to an aromatic ring is 1. The third kappa shape index (κ3) is 1.42. The Hall–Kier alpha value is -1.96. The molecule has 0 saturated heterocycles. The molecular weight excluding hydrogens is 190 g/mol. The standard InChI is InChI=1S/C9H6F2N2O/c1-4(14)5-2-7(10)9(13)6(3-12)8(5)11/h2H,13H2,1H3. The van der Waals surface area contributed by atoms with E-state index in [1.165, 1.54) is 6.07 Å². The van der Waals surface area contributed by atoms with Crippen LogP contribution in [0.2, 0.25) is 0 Å². The summed E-state index contributed by atoms with van der Waals surface area (Å²) >= 11 is 0. The van der Waals surface area contributed by atoms with Crippen LogP contribution in [0, 0.1) is 23.0 Å². The van der Waals surface area contributed by atoms with Gasteiger partial charge in [-0.3, -0.25) is 4.79 Å². The van der Waals surface area contributed by atoms with Crippen LogP contribution in [0.4, 0.5) is 14.5 Å². The van der Waals surface area contributed by atoms with E-state index in [4.69, 9.17) is 11.0 Å². The number of rotatable bonds is 1. The van der Waals surface area contributed by atoms with Crippen molar-refractivity contribution in [1.82, 2.24) is 0 Å². The molecule has 1 aromatic rings. The first-order valence-corrected chi connectivity index (χ1v) is 3.67. The summed E-state index contributed by atoms with van der Waals surface area (Å²) in [5.74, 6) is -2.69. The molecule has 2 N–H and O–H groups in total. The second-order valence-corrected chi connectivity index (χ2v) is 2.68. The molecule has 0 aliphatic heterocycles. The number of nitriles is 1. The highest BCUT2D eigenvalue weighted by molar-refractivity contribution is 5.95. The lowest BCUT2D eigenvalue weighted by atomic mass is 10.1. The Bertz CT molecular complexity index is 449. The molecule has 0 aromatic heterocycles. The number of anilines is 1. The fourth-order valence-corrected chi connectivity index (χ4v) is 1.01. The smallest absolute Gasteiger partial charge is 0.162 e. The SMILES string of the molecule is CC(=O)c1cc(F)c(N)c(C#N)c1F. The van der Waals surface area contributed by atoms with Gasteiger partial charge in [0.1, 0.15) is 17.4 Å². The monoisotopic (exact) mass is 196 g/mol. The van der Waals surface area contributed by atoms with Crippen molar-refractivity contribution in [2.24, 2.45) is 0 Å². The number of hydrogen-bond acceptors (Lipinski definition) is 3. The number of nitrogens with two attached hydrogens (primary N) is 1. The minimum absolute atomic E-state index is 0.465. The third-order valence-electron chi connectivity index (χ3n) is 1.74. The van der Waals surface area contributed by atoms with Crippen molar-refractivity contribution in [2.75, 3.05) is 5.73 Å². The van der Waals surface area contributed by atoms with E-state index < -0.39 is 34.2 Å². The highest BCUT2D eigenvalue weighted by atomic mass is 19.1. The van der Waals surface area contributed by atoms with Crippen molar-refractivity contribution in [3.8, 4) is 6.07 Å². The number of halogens is 2. The highest BCUT2D eigenvalue weighted by Gasteiger charge is 2.18. The molecule has 0 bridgehead atoms. The summed E-state index contributed by atoms with van der Waals surface area (Å²) in [6.45, 7) is 1.08. The molecule has 0 radical (unpaired) electrons. The molecule has 0 saturated carbocycles. The number of carbonyl (C=O) groups is 1. The normalized spacial score (nSPS) is 9.57. The Kier molecular flexibility index (Phi) is 2.47. The molecule has 72 valence electrons. The summed E-state index contributed by atoms with van der Waals surface area (Å²) in [5, 5.41) is 8.48. The largest absolute Gasteiger partial charge is 0.395 e. The molecule has 0 unspecified atom stereocenters. The fraction of sp³-hybridized carbons (Fsp3) is 0.111. The molecule has 0 atom stereocenters. The number of carbonyl (C=O) groups excluding carboxylic acids is 1.